The van der Waals surface area contributed by atoms with Crippen molar-refractivity contribution in [2.24, 2.45) is 0 Å². The highest BCUT2D eigenvalue weighted by molar-refractivity contribution is 6.62. The van der Waals surface area contributed by atoms with Crippen LogP contribution < -0.4 is 14.9 Å². The van der Waals surface area contributed by atoms with Gasteiger partial charge in [-0.05, 0) is 46.2 Å². The van der Waals surface area contributed by atoms with Gasteiger partial charge in [-0.3, -0.25) is 4.98 Å². The van der Waals surface area contributed by atoms with Gasteiger partial charge in [0, 0.05) is 23.1 Å². The van der Waals surface area contributed by atoms with Gasteiger partial charge in [-0.15, -0.1) is 0 Å². The highest BCUT2D eigenvalue weighted by atomic mass is 16.7. The summed E-state index contributed by atoms with van der Waals surface area (Å²) in [5.41, 5.74) is 1.33. The van der Waals surface area contributed by atoms with Crippen LogP contribution in [-0.2, 0) is 9.31 Å². The van der Waals surface area contributed by atoms with E-state index in [9.17, 15) is 0 Å². The van der Waals surface area contributed by atoms with Gasteiger partial charge in [-0.1, -0.05) is 18.2 Å². The summed E-state index contributed by atoms with van der Waals surface area (Å²) in [7, 11) is -0.435. The minimum absolute atomic E-state index is 0.315. The van der Waals surface area contributed by atoms with E-state index in [0.717, 1.165) is 30.0 Å². The van der Waals surface area contributed by atoms with Crippen molar-refractivity contribution in [2.75, 3.05) is 13.2 Å². The van der Waals surface area contributed by atoms with E-state index in [2.05, 4.69) is 11.1 Å². The maximum atomic E-state index is 6.11. The van der Waals surface area contributed by atoms with Gasteiger partial charge >= 0.3 is 7.12 Å². The Bertz CT molecular complexity index is 807. The first kappa shape index (κ1) is 18.3. The Labute approximate surface area is 161 Å². The molecule has 0 saturated carbocycles. The molecule has 1 saturated heterocycles. The van der Waals surface area contributed by atoms with Crippen LogP contribution in [0.5, 0.6) is 11.5 Å². The van der Waals surface area contributed by atoms with Crippen molar-refractivity contribution < 1.29 is 18.8 Å². The Morgan fingerprint density at radius 3 is 2.63 bits per heavy atom. The summed E-state index contributed by atoms with van der Waals surface area (Å²) >= 11 is 0. The van der Waals surface area contributed by atoms with E-state index in [1.807, 2.05) is 52.0 Å². The lowest BCUT2D eigenvalue weighted by atomic mass is 9.80. The molecule has 3 heterocycles. The summed E-state index contributed by atoms with van der Waals surface area (Å²) in [4.78, 5) is 4.32. The van der Waals surface area contributed by atoms with Crippen molar-refractivity contribution in [3.05, 3.63) is 48.3 Å². The summed E-state index contributed by atoms with van der Waals surface area (Å²) in [6.45, 7) is 9.49. The average molecular weight is 367 g/mol. The SMILES string of the molecule is CC1(C)OB(c2cncc(OCC3CCOc4ccccc43)c2)OC1(C)C. The second-order valence-electron chi connectivity index (χ2n) is 8.23. The lowest BCUT2D eigenvalue weighted by Crippen LogP contribution is -2.41. The molecule has 27 heavy (non-hydrogen) atoms. The molecule has 1 aromatic carbocycles. The largest absolute Gasteiger partial charge is 0.496 e. The van der Waals surface area contributed by atoms with Crippen LogP contribution in [0, 0.1) is 0 Å². The minimum atomic E-state index is -0.435. The topological polar surface area (TPSA) is 49.8 Å². The number of nitrogens with zero attached hydrogens (tertiary/aromatic N) is 1. The van der Waals surface area contributed by atoms with Crippen LogP contribution in [0.4, 0.5) is 0 Å². The monoisotopic (exact) mass is 367 g/mol. The number of benzene rings is 1. The van der Waals surface area contributed by atoms with Crippen molar-refractivity contribution in [2.45, 2.75) is 51.2 Å². The number of ether oxygens (including phenoxy) is 2. The molecular weight excluding hydrogens is 341 g/mol. The van der Waals surface area contributed by atoms with Gasteiger partial charge < -0.3 is 18.8 Å². The molecule has 1 fully saturated rings. The second kappa shape index (κ2) is 6.84. The van der Waals surface area contributed by atoms with Crippen molar-refractivity contribution >= 4 is 12.6 Å². The Balaban J connectivity index is 1.46. The summed E-state index contributed by atoms with van der Waals surface area (Å²) in [6, 6.07) is 10.1. The fourth-order valence-corrected chi connectivity index (χ4v) is 3.41. The number of para-hydroxylation sites is 1. The van der Waals surface area contributed by atoms with Crippen LogP contribution in [0.15, 0.2) is 42.7 Å². The Kier molecular flexibility index (Phi) is 4.64. The van der Waals surface area contributed by atoms with Gasteiger partial charge in [0.25, 0.3) is 0 Å². The first-order valence-corrected chi connectivity index (χ1v) is 9.51. The van der Waals surface area contributed by atoms with Crippen molar-refractivity contribution in [3.8, 4) is 11.5 Å². The van der Waals surface area contributed by atoms with Gasteiger partial charge in [0.15, 0.2) is 0 Å². The maximum absolute atomic E-state index is 6.11. The van der Waals surface area contributed by atoms with Crippen molar-refractivity contribution in [1.82, 2.24) is 4.98 Å². The molecule has 1 atom stereocenters. The second-order valence-corrected chi connectivity index (χ2v) is 8.23. The smallest absolute Gasteiger partial charge is 0.493 e. The van der Waals surface area contributed by atoms with Crippen LogP contribution >= 0.6 is 0 Å². The fraction of sp³-hybridized carbons (Fsp3) is 0.476. The zero-order chi connectivity index (χ0) is 19.1. The van der Waals surface area contributed by atoms with E-state index in [-0.39, 0.29) is 11.2 Å². The van der Waals surface area contributed by atoms with Crippen LogP contribution in [0.2, 0.25) is 0 Å². The minimum Gasteiger partial charge on any atom is -0.493 e. The average Bonchev–Trinajstić information content (AvgIpc) is 2.88. The normalized spacial score (nSPS) is 22.8. The molecule has 1 aromatic heterocycles. The molecule has 6 heteroatoms. The lowest BCUT2D eigenvalue weighted by molar-refractivity contribution is 0.00578. The molecule has 5 nitrogen and oxygen atoms in total. The van der Waals surface area contributed by atoms with E-state index < -0.39 is 7.12 Å². The highest BCUT2D eigenvalue weighted by Gasteiger charge is 2.51. The lowest BCUT2D eigenvalue weighted by Gasteiger charge is -2.32. The highest BCUT2D eigenvalue weighted by Crippen LogP contribution is 2.37. The summed E-state index contributed by atoms with van der Waals surface area (Å²) in [6.07, 6.45) is 4.46. The predicted molar refractivity (Wildman–Crippen MR) is 105 cm³/mol. The molecule has 0 radical (unpaired) electrons. The van der Waals surface area contributed by atoms with E-state index >= 15 is 0 Å². The third-order valence-corrected chi connectivity index (χ3v) is 5.79. The molecule has 0 aliphatic carbocycles. The van der Waals surface area contributed by atoms with Crippen molar-refractivity contribution in [1.29, 1.82) is 0 Å². The fourth-order valence-electron chi connectivity index (χ4n) is 3.41. The molecular formula is C21H26BNO4. The van der Waals surface area contributed by atoms with E-state index in [1.54, 1.807) is 12.4 Å². The molecule has 0 spiro atoms. The number of fused-ring (bicyclic) bond motifs is 1. The summed E-state index contributed by atoms with van der Waals surface area (Å²) in [5.74, 6) is 2.00. The third kappa shape index (κ3) is 3.56. The zero-order valence-electron chi connectivity index (χ0n) is 16.4. The Hall–Kier alpha value is -2.05. The standard InChI is InChI=1S/C21H26BNO4/c1-20(2)21(3,4)27-22(26-20)16-11-17(13-23-12-16)25-14-15-9-10-24-19-8-6-5-7-18(15)19/h5-8,11-13,15H,9-10,14H2,1-4H3. The van der Waals surface area contributed by atoms with Crippen LogP contribution in [-0.4, -0.2) is 36.5 Å². The number of hydrogen-bond donors (Lipinski definition) is 0. The van der Waals surface area contributed by atoms with Gasteiger partial charge in [-0.25, -0.2) is 0 Å². The Morgan fingerprint density at radius 2 is 1.85 bits per heavy atom. The summed E-state index contributed by atoms with van der Waals surface area (Å²) < 4.78 is 24.0. The zero-order valence-corrected chi connectivity index (χ0v) is 16.4. The maximum Gasteiger partial charge on any atom is 0.496 e. The molecule has 0 N–H and O–H groups in total. The van der Waals surface area contributed by atoms with Crippen LogP contribution in [0.1, 0.15) is 45.6 Å². The molecule has 1 unspecified atom stereocenters. The van der Waals surface area contributed by atoms with E-state index in [0.29, 0.717) is 12.5 Å². The van der Waals surface area contributed by atoms with Gasteiger partial charge in [0.2, 0.25) is 0 Å². The Morgan fingerprint density at radius 1 is 1.11 bits per heavy atom. The number of aromatic nitrogens is 1. The van der Waals surface area contributed by atoms with Crippen LogP contribution in [0.25, 0.3) is 0 Å². The first-order chi connectivity index (χ1) is 12.9. The van der Waals surface area contributed by atoms with Gasteiger partial charge in [0.05, 0.1) is 30.6 Å². The van der Waals surface area contributed by atoms with Crippen molar-refractivity contribution in [3.63, 3.8) is 0 Å². The third-order valence-electron chi connectivity index (χ3n) is 5.79. The van der Waals surface area contributed by atoms with E-state index in [4.69, 9.17) is 18.8 Å². The quantitative estimate of drug-likeness (QED) is 0.776. The first-order valence-electron chi connectivity index (χ1n) is 9.51. The van der Waals surface area contributed by atoms with Crippen LogP contribution in [0.3, 0.4) is 0 Å². The number of rotatable bonds is 4. The molecule has 2 aliphatic heterocycles. The molecule has 0 bridgehead atoms. The molecule has 2 aliphatic rings. The number of hydrogen-bond acceptors (Lipinski definition) is 5. The van der Waals surface area contributed by atoms with Gasteiger partial charge in [-0.2, -0.15) is 0 Å². The molecule has 4 rings (SSSR count). The molecule has 142 valence electrons. The molecule has 0 amide bonds. The van der Waals surface area contributed by atoms with E-state index in [1.165, 1.54) is 5.56 Å². The number of pyridine rings is 1. The van der Waals surface area contributed by atoms with Gasteiger partial charge in [0.1, 0.15) is 11.5 Å². The summed E-state index contributed by atoms with van der Waals surface area (Å²) in [5, 5.41) is 0. The molecule has 2 aromatic rings. The predicted octanol–water partition coefficient (Wildman–Crippen LogP) is 3.33.